The fourth-order valence-electron chi connectivity index (χ4n) is 2.33. The number of nitrogens with one attached hydrogen (secondary N) is 2. The van der Waals surface area contributed by atoms with Gasteiger partial charge in [0, 0.05) is 22.2 Å². The van der Waals surface area contributed by atoms with E-state index < -0.39 is 11.9 Å². The summed E-state index contributed by atoms with van der Waals surface area (Å²) in [7, 11) is 1.50. The number of carbonyl (C=O) groups is 1. The third-order valence-electron chi connectivity index (χ3n) is 3.52. The molecule has 0 aliphatic heterocycles. The molecule has 124 valence electrons. The van der Waals surface area contributed by atoms with Crippen molar-refractivity contribution in [1.82, 2.24) is 4.98 Å². The number of carbonyl (C=O) groups excluding carboxylic acids is 1. The van der Waals surface area contributed by atoms with Gasteiger partial charge in [0.2, 0.25) is 0 Å². The highest BCUT2D eigenvalue weighted by molar-refractivity contribution is 6.05. The first-order valence-electron chi connectivity index (χ1n) is 7.02. The average Bonchev–Trinajstić information content (AvgIpc) is 2.98. The lowest BCUT2D eigenvalue weighted by Crippen LogP contribution is -2.11. The molecule has 0 radical (unpaired) electrons. The van der Waals surface area contributed by atoms with E-state index in [1.165, 1.54) is 25.3 Å². The highest BCUT2D eigenvalue weighted by Gasteiger charge is 2.32. The third kappa shape index (κ3) is 3.19. The van der Waals surface area contributed by atoms with Crippen LogP contribution in [0, 0.1) is 0 Å². The summed E-state index contributed by atoms with van der Waals surface area (Å²) in [4.78, 5) is 14.5. The SMILES string of the molecule is COc1cccc(C(=O)Nc2ccc3[nH]c(C(F)(F)F)cc3c2)c1. The minimum absolute atomic E-state index is 0.349. The van der Waals surface area contributed by atoms with Gasteiger partial charge in [-0.3, -0.25) is 4.79 Å². The number of anilines is 1. The van der Waals surface area contributed by atoms with E-state index in [0.29, 0.717) is 27.9 Å². The predicted octanol–water partition coefficient (Wildman–Crippen LogP) is 4.45. The molecule has 0 saturated carbocycles. The molecule has 2 aromatic carbocycles. The molecule has 1 aromatic heterocycles. The molecule has 0 spiro atoms. The maximum Gasteiger partial charge on any atom is 0.431 e. The number of fused-ring (bicyclic) bond motifs is 1. The normalized spacial score (nSPS) is 11.5. The van der Waals surface area contributed by atoms with Gasteiger partial charge in [-0.15, -0.1) is 0 Å². The zero-order valence-electron chi connectivity index (χ0n) is 12.6. The summed E-state index contributed by atoms with van der Waals surface area (Å²) in [5.41, 5.74) is 0.318. The molecule has 3 rings (SSSR count). The largest absolute Gasteiger partial charge is 0.497 e. The number of alkyl halides is 3. The Balaban J connectivity index is 1.85. The molecule has 2 N–H and O–H groups in total. The summed E-state index contributed by atoms with van der Waals surface area (Å²) >= 11 is 0. The predicted molar refractivity (Wildman–Crippen MR) is 84.2 cm³/mol. The van der Waals surface area contributed by atoms with Crippen molar-refractivity contribution in [3.05, 3.63) is 59.8 Å². The lowest BCUT2D eigenvalue weighted by molar-refractivity contribution is -0.140. The number of benzene rings is 2. The van der Waals surface area contributed by atoms with Gasteiger partial charge in [-0.2, -0.15) is 13.2 Å². The number of aromatic nitrogens is 1. The third-order valence-corrected chi connectivity index (χ3v) is 3.52. The molecular weight excluding hydrogens is 321 g/mol. The Morgan fingerprint density at radius 3 is 2.62 bits per heavy atom. The summed E-state index contributed by atoms with van der Waals surface area (Å²) in [5.74, 6) is 0.165. The van der Waals surface area contributed by atoms with Gasteiger partial charge in [-0.05, 0) is 42.5 Å². The van der Waals surface area contributed by atoms with Gasteiger partial charge in [0.25, 0.3) is 5.91 Å². The van der Waals surface area contributed by atoms with Crippen molar-refractivity contribution >= 4 is 22.5 Å². The van der Waals surface area contributed by atoms with Crippen LogP contribution >= 0.6 is 0 Å². The molecule has 1 heterocycles. The van der Waals surface area contributed by atoms with Crippen LogP contribution in [0.2, 0.25) is 0 Å². The highest BCUT2D eigenvalue weighted by atomic mass is 19.4. The van der Waals surface area contributed by atoms with Crippen LogP contribution in [0.15, 0.2) is 48.5 Å². The lowest BCUT2D eigenvalue weighted by Gasteiger charge is -2.07. The molecule has 0 aliphatic carbocycles. The van der Waals surface area contributed by atoms with Crippen molar-refractivity contribution < 1.29 is 22.7 Å². The Bertz CT molecular complexity index is 900. The van der Waals surface area contributed by atoms with Gasteiger partial charge in [0.1, 0.15) is 11.4 Å². The summed E-state index contributed by atoms with van der Waals surface area (Å²) in [6.45, 7) is 0. The van der Waals surface area contributed by atoms with E-state index in [1.807, 2.05) is 0 Å². The van der Waals surface area contributed by atoms with Crippen molar-refractivity contribution in [3.63, 3.8) is 0 Å². The van der Waals surface area contributed by atoms with Crippen LogP contribution in [-0.4, -0.2) is 18.0 Å². The van der Waals surface area contributed by atoms with Crippen LogP contribution in [0.5, 0.6) is 5.75 Å². The van der Waals surface area contributed by atoms with Crippen LogP contribution in [-0.2, 0) is 6.18 Å². The molecule has 0 saturated heterocycles. The number of methoxy groups -OCH3 is 1. The number of H-pyrrole nitrogens is 1. The number of halogens is 3. The van der Waals surface area contributed by atoms with Crippen molar-refractivity contribution in [1.29, 1.82) is 0 Å². The monoisotopic (exact) mass is 334 g/mol. The Morgan fingerprint density at radius 2 is 1.92 bits per heavy atom. The second-order valence-corrected chi connectivity index (χ2v) is 5.17. The Kier molecular flexibility index (Phi) is 3.92. The molecule has 0 bridgehead atoms. The highest BCUT2D eigenvalue weighted by Crippen LogP contribution is 2.32. The first-order chi connectivity index (χ1) is 11.4. The number of ether oxygens (including phenoxy) is 1. The Labute approximate surface area is 135 Å². The summed E-state index contributed by atoms with van der Waals surface area (Å²) in [6, 6.07) is 12.1. The molecule has 0 aliphatic rings. The minimum Gasteiger partial charge on any atom is -0.497 e. The van der Waals surface area contributed by atoms with Gasteiger partial charge < -0.3 is 15.0 Å². The summed E-state index contributed by atoms with van der Waals surface area (Å²) in [5, 5.41) is 3.03. The van der Waals surface area contributed by atoms with Crippen LogP contribution in [0.1, 0.15) is 16.1 Å². The van der Waals surface area contributed by atoms with E-state index in [1.54, 1.807) is 24.3 Å². The van der Waals surface area contributed by atoms with Gasteiger partial charge in [0.15, 0.2) is 0 Å². The van der Waals surface area contributed by atoms with E-state index in [-0.39, 0.29) is 5.91 Å². The molecule has 1 amide bonds. The summed E-state index contributed by atoms with van der Waals surface area (Å²) in [6.07, 6.45) is -4.44. The van der Waals surface area contributed by atoms with E-state index in [9.17, 15) is 18.0 Å². The second kappa shape index (κ2) is 5.92. The zero-order valence-corrected chi connectivity index (χ0v) is 12.6. The molecule has 0 atom stereocenters. The number of aromatic amines is 1. The molecule has 0 unspecified atom stereocenters. The topological polar surface area (TPSA) is 54.1 Å². The van der Waals surface area contributed by atoms with Gasteiger partial charge >= 0.3 is 6.18 Å². The van der Waals surface area contributed by atoms with Gasteiger partial charge in [-0.25, -0.2) is 0 Å². The quantitative estimate of drug-likeness (QED) is 0.744. The first-order valence-corrected chi connectivity index (χ1v) is 7.02. The van der Waals surface area contributed by atoms with E-state index in [0.717, 1.165) is 6.07 Å². The standard InChI is InChI=1S/C17H13F3N2O2/c1-24-13-4-2-3-10(8-13)16(23)21-12-5-6-14-11(7-12)9-15(22-14)17(18,19)20/h2-9,22H,1H3,(H,21,23). The minimum atomic E-state index is -4.44. The molecule has 3 aromatic rings. The van der Waals surface area contributed by atoms with Crippen molar-refractivity contribution in [3.8, 4) is 5.75 Å². The number of rotatable bonds is 3. The average molecular weight is 334 g/mol. The van der Waals surface area contributed by atoms with E-state index in [4.69, 9.17) is 4.74 Å². The lowest BCUT2D eigenvalue weighted by atomic mass is 10.2. The number of amides is 1. The van der Waals surface area contributed by atoms with Crippen LogP contribution in [0.4, 0.5) is 18.9 Å². The second-order valence-electron chi connectivity index (χ2n) is 5.17. The van der Waals surface area contributed by atoms with Gasteiger partial charge in [-0.1, -0.05) is 6.07 Å². The molecule has 7 heteroatoms. The number of hydrogen-bond donors (Lipinski definition) is 2. The maximum atomic E-state index is 12.7. The van der Waals surface area contributed by atoms with Crippen LogP contribution in [0.25, 0.3) is 10.9 Å². The molecular formula is C17H13F3N2O2. The van der Waals surface area contributed by atoms with Crippen LogP contribution < -0.4 is 10.1 Å². The zero-order chi connectivity index (χ0) is 17.3. The molecule has 0 fully saturated rings. The smallest absolute Gasteiger partial charge is 0.431 e. The van der Waals surface area contributed by atoms with E-state index in [2.05, 4.69) is 10.3 Å². The molecule has 4 nitrogen and oxygen atoms in total. The van der Waals surface area contributed by atoms with Crippen molar-refractivity contribution in [2.24, 2.45) is 0 Å². The maximum absolute atomic E-state index is 12.7. The van der Waals surface area contributed by atoms with Crippen LogP contribution in [0.3, 0.4) is 0 Å². The Hall–Kier alpha value is -2.96. The fourth-order valence-corrected chi connectivity index (χ4v) is 2.33. The fraction of sp³-hybridized carbons (Fsp3) is 0.118. The van der Waals surface area contributed by atoms with E-state index >= 15 is 0 Å². The van der Waals surface area contributed by atoms with Gasteiger partial charge in [0.05, 0.1) is 7.11 Å². The number of hydrogen-bond acceptors (Lipinski definition) is 2. The first kappa shape index (κ1) is 15.9. The molecule has 24 heavy (non-hydrogen) atoms. The van der Waals surface area contributed by atoms with Crippen molar-refractivity contribution in [2.45, 2.75) is 6.18 Å². The van der Waals surface area contributed by atoms with Crippen molar-refractivity contribution in [2.75, 3.05) is 12.4 Å². The summed E-state index contributed by atoms with van der Waals surface area (Å²) < 4.78 is 43.2. The Morgan fingerprint density at radius 1 is 1.12 bits per heavy atom.